The van der Waals surface area contributed by atoms with E-state index in [1.54, 1.807) is 0 Å². The zero-order valence-electron chi connectivity index (χ0n) is 11.9. The molecule has 1 aliphatic rings. The second-order valence-corrected chi connectivity index (χ2v) is 5.51. The van der Waals surface area contributed by atoms with Gasteiger partial charge in [-0.3, -0.25) is 4.79 Å². The minimum atomic E-state index is 0.0925. The van der Waals surface area contributed by atoms with Crippen LogP contribution in [0.2, 0.25) is 0 Å². The first-order valence-corrected chi connectivity index (χ1v) is 7.23. The molecule has 1 amide bonds. The van der Waals surface area contributed by atoms with Crippen molar-refractivity contribution in [3.63, 3.8) is 0 Å². The van der Waals surface area contributed by atoms with Gasteiger partial charge in [-0.1, -0.05) is 36.4 Å². The number of rotatable bonds is 1. The summed E-state index contributed by atoms with van der Waals surface area (Å²) in [5.41, 5.74) is 5.05. The van der Waals surface area contributed by atoms with E-state index in [9.17, 15) is 4.79 Å². The fraction of sp³-hybridized carbons (Fsp3) is 0.167. The van der Waals surface area contributed by atoms with Gasteiger partial charge in [-0.15, -0.1) is 0 Å². The first-order chi connectivity index (χ1) is 10.3. The van der Waals surface area contributed by atoms with Crippen molar-refractivity contribution >= 4 is 22.5 Å². The Morgan fingerprint density at radius 2 is 1.86 bits per heavy atom. The zero-order chi connectivity index (χ0) is 14.4. The molecule has 1 aliphatic heterocycles. The molecule has 104 valence electrons. The maximum absolute atomic E-state index is 13.0. The minimum Gasteiger partial charge on any atom is -0.358 e. The summed E-state index contributed by atoms with van der Waals surface area (Å²) in [6, 6.07) is 16.1. The molecule has 1 N–H and O–H groups in total. The number of carbonyl (C=O) groups excluding carboxylic acids is 1. The molecule has 0 aliphatic carbocycles. The van der Waals surface area contributed by atoms with E-state index in [4.69, 9.17) is 0 Å². The first kappa shape index (κ1) is 12.2. The molecule has 1 aromatic heterocycles. The third-order valence-electron chi connectivity index (χ3n) is 4.24. The first-order valence-electron chi connectivity index (χ1n) is 7.23. The molecule has 0 atom stereocenters. The predicted molar refractivity (Wildman–Crippen MR) is 84.9 cm³/mol. The molecule has 2 aromatic carbocycles. The number of aryl methyl sites for hydroxylation is 1. The Hall–Kier alpha value is -2.55. The lowest BCUT2D eigenvalue weighted by Crippen LogP contribution is -2.29. The van der Waals surface area contributed by atoms with E-state index in [1.165, 1.54) is 5.56 Å². The van der Waals surface area contributed by atoms with E-state index in [-0.39, 0.29) is 5.91 Å². The Kier molecular flexibility index (Phi) is 2.61. The Bertz CT molecular complexity index is 847. The third-order valence-corrected chi connectivity index (χ3v) is 4.24. The van der Waals surface area contributed by atoms with Crippen LogP contribution >= 0.6 is 0 Å². The normalized spacial score (nSPS) is 13.7. The van der Waals surface area contributed by atoms with Gasteiger partial charge in [0.25, 0.3) is 5.91 Å². The molecule has 0 saturated heterocycles. The number of para-hydroxylation sites is 2. The molecule has 0 bridgehead atoms. The van der Waals surface area contributed by atoms with E-state index in [0.29, 0.717) is 0 Å². The number of fused-ring (bicyclic) bond motifs is 2. The largest absolute Gasteiger partial charge is 0.358 e. The molecule has 0 unspecified atom stereocenters. The molecular weight excluding hydrogens is 260 g/mol. The maximum Gasteiger partial charge on any atom is 0.260 e. The monoisotopic (exact) mass is 276 g/mol. The summed E-state index contributed by atoms with van der Waals surface area (Å²) in [6.07, 6.45) is 0.934. The van der Waals surface area contributed by atoms with Gasteiger partial charge >= 0.3 is 0 Å². The highest BCUT2D eigenvalue weighted by Gasteiger charge is 2.27. The van der Waals surface area contributed by atoms with Crippen molar-refractivity contribution in [1.29, 1.82) is 0 Å². The lowest BCUT2D eigenvalue weighted by atomic mass is 10.1. The average Bonchev–Trinajstić information content (AvgIpc) is 3.06. The van der Waals surface area contributed by atoms with Crippen LogP contribution in [0.4, 0.5) is 5.69 Å². The second kappa shape index (κ2) is 4.48. The van der Waals surface area contributed by atoms with Crippen LogP contribution in [0.25, 0.3) is 10.9 Å². The van der Waals surface area contributed by atoms with E-state index >= 15 is 0 Å². The number of hydrogen-bond donors (Lipinski definition) is 1. The van der Waals surface area contributed by atoms with Gasteiger partial charge in [0.1, 0.15) is 0 Å². The van der Waals surface area contributed by atoms with Crippen LogP contribution in [0.1, 0.15) is 21.6 Å². The zero-order valence-corrected chi connectivity index (χ0v) is 11.9. The van der Waals surface area contributed by atoms with Gasteiger partial charge in [-0.2, -0.15) is 0 Å². The standard InChI is InChI=1S/C18H16N2O/c1-12-17(14-7-3-4-8-15(14)19-12)18(21)20-11-10-13-6-2-5-9-16(13)20/h2-9,19H,10-11H2,1H3. The van der Waals surface area contributed by atoms with Crippen molar-refractivity contribution in [2.24, 2.45) is 0 Å². The van der Waals surface area contributed by atoms with Crippen LogP contribution in [0.5, 0.6) is 0 Å². The number of benzene rings is 2. The summed E-state index contributed by atoms with van der Waals surface area (Å²) >= 11 is 0. The molecule has 21 heavy (non-hydrogen) atoms. The molecule has 0 fully saturated rings. The predicted octanol–water partition coefficient (Wildman–Crippen LogP) is 3.68. The smallest absolute Gasteiger partial charge is 0.260 e. The van der Waals surface area contributed by atoms with Crippen molar-refractivity contribution in [2.45, 2.75) is 13.3 Å². The fourth-order valence-corrected chi connectivity index (χ4v) is 3.24. The molecule has 3 aromatic rings. The Morgan fingerprint density at radius 3 is 2.76 bits per heavy atom. The van der Waals surface area contributed by atoms with Crippen molar-refractivity contribution < 1.29 is 4.79 Å². The summed E-state index contributed by atoms with van der Waals surface area (Å²) in [4.78, 5) is 18.2. The van der Waals surface area contributed by atoms with Crippen LogP contribution in [-0.4, -0.2) is 17.4 Å². The van der Waals surface area contributed by atoms with Gasteiger partial charge in [0.15, 0.2) is 0 Å². The number of aromatic amines is 1. The molecule has 4 rings (SSSR count). The molecular formula is C18H16N2O. The van der Waals surface area contributed by atoms with Crippen molar-refractivity contribution in [3.05, 3.63) is 65.4 Å². The second-order valence-electron chi connectivity index (χ2n) is 5.51. The van der Waals surface area contributed by atoms with Gasteiger partial charge in [0.05, 0.1) is 5.56 Å². The van der Waals surface area contributed by atoms with Gasteiger partial charge in [0.2, 0.25) is 0 Å². The fourth-order valence-electron chi connectivity index (χ4n) is 3.24. The molecule has 3 nitrogen and oxygen atoms in total. The third kappa shape index (κ3) is 1.77. The number of nitrogens with one attached hydrogen (secondary N) is 1. The van der Waals surface area contributed by atoms with Crippen LogP contribution in [0, 0.1) is 6.92 Å². The van der Waals surface area contributed by atoms with Crippen LogP contribution in [0.3, 0.4) is 0 Å². The topological polar surface area (TPSA) is 36.1 Å². The molecule has 2 heterocycles. The van der Waals surface area contributed by atoms with Crippen LogP contribution in [0.15, 0.2) is 48.5 Å². The van der Waals surface area contributed by atoms with E-state index in [0.717, 1.165) is 40.8 Å². The van der Waals surface area contributed by atoms with Crippen molar-refractivity contribution in [1.82, 2.24) is 4.98 Å². The average molecular weight is 276 g/mol. The highest BCUT2D eigenvalue weighted by molar-refractivity contribution is 6.15. The summed E-state index contributed by atoms with van der Waals surface area (Å²) in [5, 5.41) is 1.00. The molecule has 0 spiro atoms. The van der Waals surface area contributed by atoms with E-state index in [2.05, 4.69) is 11.1 Å². The summed E-state index contributed by atoms with van der Waals surface area (Å²) in [7, 11) is 0. The highest BCUT2D eigenvalue weighted by Crippen LogP contribution is 2.31. The van der Waals surface area contributed by atoms with Gasteiger partial charge in [-0.25, -0.2) is 0 Å². The van der Waals surface area contributed by atoms with Crippen LogP contribution in [-0.2, 0) is 6.42 Å². The minimum absolute atomic E-state index is 0.0925. The molecule has 0 saturated carbocycles. The number of aromatic nitrogens is 1. The van der Waals surface area contributed by atoms with Crippen molar-refractivity contribution in [2.75, 3.05) is 11.4 Å². The summed E-state index contributed by atoms with van der Waals surface area (Å²) < 4.78 is 0. The Morgan fingerprint density at radius 1 is 1.10 bits per heavy atom. The number of amides is 1. The van der Waals surface area contributed by atoms with Crippen LogP contribution < -0.4 is 4.90 Å². The highest BCUT2D eigenvalue weighted by atomic mass is 16.2. The van der Waals surface area contributed by atoms with Gasteiger partial charge in [-0.05, 0) is 31.0 Å². The number of H-pyrrole nitrogens is 1. The van der Waals surface area contributed by atoms with Gasteiger partial charge in [0, 0.05) is 28.8 Å². The SMILES string of the molecule is Cc1[nH]c2ccccc2c1C(=O)N1CCc2ccccc21. The lowest BCUT2D eigenvalue weighted by Gasteiger charge is -2.17. The summed E-state index contributed by atoms with van der Waals surface area (Å²) in [5.74, 6) is 0.0925. The number of hydrogen-bond acceptors (Lipinski definition) is 1. The lowest BCUT2D eigenvalue weighted by molar-refractivity contribution is 0.0990. The molecule has 3 heteroatoms. The molecule has 0 radical (unpaired) electrons. The van der Waals surface area contributed by atoms with E-state index in [1.807, 2.05) is 54.3 Å². The number of anilines is 1. The van der Waals surface area contributed by atoms with E-state index < -0.39 is 0 Å². The van der Waals surface area contributed by atoms with Gasteiger partial charge < -0.3 is 9.88 Å². The maximum atomic E-state index is 13.0. The number of carbonyl (C=O) groups is 1. The Balaban J connectivity index is 1.83. The number of nitrogens with zero attached hydrogens (tertiary/aromatic N) is 1. The Labute approximate surface area is 123 Å². The quantitative estimate of drug-likeness (QED) is 0.723. The summed E-state index contributed by atoms with van der Waals surface area (Å²) in [6.45, 7) is 2.73. The van der Waals surface area contributed by atoms with Crippen molar-refractivity contribution in [3.8, 4) is 0 Å².